The van der Waals surface area contributed by atoms with Crippen LogP contribution in [0.4, 0.5) is 13.2 Å². The molecule has 0 fully saturated rings. The molecule has 0 aliphatic heterocycles. The van der Waals surface area contributed by atoms with Gasteiger partial charge in [0, 0.05) is 16.1 Å². The monoisotopic (exact) mass is 408 g/mol. The minimum absolute atomic E-state index is 0.0371. The van der Waals surface area contributed by atoms with E-state index in [1.165, 1.54) is 18.2 Å². The molecule has 1 aromatic heterocycles. The Morgan fingerprint density at radius 2 is 1.76 bits per heavy atom. The lowest BCUT2D eigenvalue weighted by Crippen LogP contribution is -2.23. The van der Waals surface area contributed by atoms with Gasteiger partial charge in [-0.15, -0.1) is 0 Å². The molecule has 0 saturated carbocycles. The van der Waals surface area contributed by atoms with Crippen LogP contribution < -0.4 is 5.56 Å². The van der Waals surface area contributed by atoms with E-state index in [-0.39, 0.29) is 12.1 Å². The molecule has 0 aliphatic carbocycles. The molecule has 2 aromatic carbocycles. The molecule has 25 heavy (non-hydrogen) atoms. The highest BCUT2D eigenvalue weighted by Crippen LogP contribution is 2.29. The predicted molar refractivity (Wildman–Crippen MR) is 92.2 cm³/mol. The summed E-state index contributed by atoms with van der Waals surface area (Å²) in [6.07, 6.45) is -4.42. The third-order valence-corrected chi connectivity index (χ3v) is 4.07. The number of alkyl halides is 3. The van der Waals surface area contributed by atoms with Gasteiger partial charge < -0.3 is 0 Å². The van der Waals surface area contributed by atoms with Gasteiger partial charge in [-0.3, -0.25) is 4.79 Å². The Labute approximate surface area is 149 Å². The highest BCUT2D eigenvalue weighted by Gasteiger charge is 2.30. The van der Waals surface area contributed by atoms with Crippen LogP contribution in [0.5, 0.6) is 0 Å². The topological polar surface area (TPSA) is 34.9 Å². The summed E-state index contributed by atoms with van der Waals surface area (Å²) in [4.78, 5) is 12.0. The van der Waals surface area contributed by atoms with Gasteiger partial charge in [-0.2, -0.15) is 18.3 Å². The number of nitrogens with zero attached hydrogens (tertiary/aromatic N) is 2. The average Bonchev–Trinajstić information content (AvgIpc) is 2.56. The molecule has 0 bridgehead atoms. The molecule has 0 radical (unpaired) electrons. The van der Waals surface area contributed by atoms with Gasteiger partial charge in [-0.05, 0) is 35.9 Å². The molecule has 3 rings (SSSR count). The van der Waals surface area contributed by atoms with E-state index >= 15 is 0 Å². The number of hydrogen-bond acceptors (Lipinski definition) is 2. The summed E-state index contributed by atoms with van der Waals surface area (Å²) in [6, 6.07) is 15.2. The van der Waals surface area contributed by atoms with Crippen molar-refractivity contribution in [3.05, 3.63) is 86.6 Å². The lowest BCUT2D eigenvalue weighted by molar-refractivity contribution is -0.137. The van der Waals surface area contributed by atoms with Crippen LogP contribution in [0.25, 0.3) is 11.3 Å². The molecule has 0 atom stereocenters. The number of rotatable bonds is 3. The van der Waals surface area contributed by atoms with Crippen molar-refractivity contribution in [2.24, 2.45) is 0 Å². The molecule has 0 amide bonds. The second kappa shape index (κ2) is 6.84. The molecule has 0 aliphatic rings. The molecular formula is C18H12BrF3N2O. The minimum Gasteiger partial charge on any atom is -0.268 e. The van der Waals surface area contributed by atoms with Crippen LogP contribution in [0.1, 0.15) is 11.1 Å². The second-order valence-electron chi connectivity index (χ2n) is 5.42. The van der Waals surface area contributed by atoms with Gasteiger partial charge in [0.1, 0.15) is 0 Å². The second-order valence-corrected chi connectivity index (χ2v) is 6.34. The Morgan fingerprint density at radius 1 is 1.00 bits per heavy atom. The first-order valence-electron chi connectivity index (χ1n) is 7.33. The van der Waals surface area contributed by atoms with E-state index < -0.39 is 11.7 Å². The number of benzene rings is 2. The summed E-state index contributed by atoms with van der Waals surface area (Å²) in [5.41, 5.74) is 0.591. The van der Waals surface area contributed by atoms with Gasteiger partial charge in [-0.1, -0.05) is 40.2 Å². The van der Waals surface area contributed by atoms with Crippen LogP contribution in [-0.2, 0) is 12.7 Å². The van der Waals surface area contributed by atoms with Gasteiger partial charge in [-0.25, -0.2) is 4.68 Å². The summed E-state index contributed by atoms with van der Waals surface area (Å²) < 4.78 is 40.5. The summed E-state index contributed by atoms with van der Waals surface area (Å²) in [5, 5.41) is 4.27. The Kier molecular flexibility index (Phi) is 4.76. The van der Waals surface area contributed by atoms with E-state index in [1.54, 1.807) is 6.07 Å². The van der Waals surface area contributed by atoms with Crippen molar-refractivity contribution in [1.82, 2.24) is 9.78 Å². The highest BCUT2D eigenvalue weighted by atomic mass is 79.9. The molecule has 0 unspecified atom stereocenters. The zero-order valence-corrected chi connectivity index (χ0v) is 14.4. The van der Waals surface area contributed by atoms with Crippen molar-refractivity contribution in [2.75, 3.05) is 0 Å². The van der Waals surface area contributed by atoms with E-state index in [0.29, 0.717) is 11.3 Å². The fraction of sp³-hybridized carbons (Fsp3) is 0.111. The van der Waals surface area contributed by atoms with Crippen molar-refractivity contribution in [3.8, 4) is 11.3 Å². The number of halogens is 4. The molecule has 0 spiro atoms. The standard InChI is InChI=1S/C18H12BrF3N2O/c19-15-6-2-4-13(10-15)16-7-8-17(25)24(23-16)11-12-3-1-5-14(9-12)18(20,21)22/h1-10H,11H2. The largest absolute Gasteiger partial charge is 0.416 e. The lowest BCUT2D eigenvalue weighted by atomic mass is 10.1. The highest BCUT2D eigenvalue weighted by molar-refractivity contribution is 9.10. The Morgan fingerprint density at radius 3 is 2.48 bits per heavy atom. The molecule has 0 N–H and O–H groups in total. The summed E-state index contributed by atoms with van der Waals surface area (Å²) in [5.74, 6) is 0. The van der Waals surface area contributed by atoms with Crippen LogP contribution in [0.15, 0.2) is 69.9 Å². The van der Waals surface area contributed by atoms with E-state index in [1.807, 2.05) is 24.3 Å². The molecular weight excluding hydrogens is 397 g/mol. The van der Waals surface area contributed by atoms with Gasteiger partial charge in [0.2, 0.25) is 0 Å². The first-order chi connectivity index (χ1) is 11.8. The van der Waals surface area contributed by atoms with Crippen molar-refractivity contribution in [1.29, 1.82) is 0 Å². The molecule has 1 heterocycles. The first-order valence-corrected chi connectivity index (χ1v) is 8.12. The van der Waals surface area contributed by atoms with Crippen molar-refractivity contribution in [2.45, 2.75) is 12.7 Å². The third-order valence-electron chi connectivity index (χ3n) is 3.57. The summed E-state index contributed by atoms with van der Waals surface area (Å²) in [6.45, 7) is -0.0371. The van der Waals surface area contributed by atoms with E-state index in [0.717, 1.165) is 26.9 Å². The van der Waals surface area contributed by atoms with Crippen LogP contribution in [0.3, 0.4) is 0 Å². The lowest BCUT2D eigenvalue weighted by Gasteiger charge is -2.10. The average molecular weight is 409 g/mol. The quantitative estimate of drug-likeness (QED) is 0.627. The zero-order valence-electron chi connectivity index (χ0n) is 12.8. The SMILES string of the molecule is O=c1ccc(-c2cccc(Br)c2)nn1Cc1cccc(C(F)(F)F)c1. The molecule has 3 nitrogen and oxygen atoms in total. The van der Waals surface area contributed by atoms with Crippen molar-refractivity contribution < 1.29 is 13.2 Å². The summed E-state index contributed by atoms with van der Waals surface area (Å²) >= 11 is 3.37. The van der Waals surface area contributed by atoms with Crippen LogP contribution in [0, 0.1) is 0 Å². The van der Waals surface area contributed by atoms with Gasteiger partial charge in [0.15, 0.2) is 0 Å². The normalized spacial score (nSPS) is 11.5. The Bertz CT molecular complexity index is 967. The molecule has 3 aromatic rings. The molecule has 128 valence electrons. The predicted octanol–water partition coefficient (Wildman–Crippen LogP) is 4.74. The van der Waals surface area contributed by atoms with Crippen LogP contribution in [-0.4, -0.2) is 9.78 Å². The maximum absolute atomic E-state index is 12.8. The van der Waals surface area contributed by atoms with E-state index in [4.69, 9.17) is 0 Å². The maximum atomic E-state index is 12.8. The zero-order chi connectivity index (χ0) is 18.0. The smallest absolute Gasteiger partial charge is 0.268 e. The Hall–Kier alpha value is -2.41. The van der Waals surface area contributed by atoms with E-state index in [9.17, 15) is 18.0 Å². The minimum atomic E-state index is -4.42. The number of aromatic nitrogens is 2. The van der Waals surface area contributed by atoms with E-state index in [2.05, 4.69) is 21.0 Å². The summed E-state index contributed by atoms with van der Waals surface area (Å²) in [7, 11) is 0. The fourth-order valence-corrected chi connectivity index (χ4v) is 2.78. The number of hydrogen-bond donors (Lipinski definition) is 0. The van der Waals surface area contributed by atoms with Gasteiger partial charge in [0.25, 0.3) is 5.56 Å². The maximum Gasteiger partial charge on any atom is 0.416 e. The fourth-order valence-electron chi connectivity index (χ4n) is 2.38. The third kappa shape index (κ3) is 4.17. The van der Waals surface area contributed by atoms with Crippen LogP contribution >= 0.6 is 15.9 Å². The van der Waals surface area contributed by atoms with Gasteiger partial charge >= 0.3 is 6.18 Å². The molecule has 7 heteroatoms. The Balaban J connectivity index is 1.96. The van der Waals surface area contributed by atoms with Crippen LogP contribution in [0.2, 0.25) is 0 Å². The first kappa shape index (κ1) is 17.4. The van der Waals surface area contributed by atoms with Gasteiger partial charge in [0.05, 0.1) is 17.8 Å². The van der Waals surface area contributed by atoms with Crippen molar-refractivity contribution >= 4 is 15.9 Å². The van der Waals surface area contributed by atoms with Crippen molar-refractivity contribution in [3.63, 3.8) is 0 Å². The molecule has 0 saturated heterocycles.